The first kappa shape index (κ1) is 14.0. The van der Waals surface area contributed by atoms with E-state index in [1.165, 1.54) is 15.9 Å². The molecule has 0 spiro atoms. The molecule has 0 bridgehead atoms. The van der Waals surface area contributed by atoms with E-state index >= 15 is 0 Å². The number of nitrogens with zero attached hydrogens (tertiary/aromatic N) is 4. The lowest BCUT2D eigenvalue weighted by Crippen LogP contribution is -2.23. The highest BCUT2D eigenvalue weighted by Crippen LogP contribution is 2.19. The van der Waals surface area contributed by atoms with Gasteiger partial charge >= 0.3 is 0 Å². The molecule has 0 saturated carbocycles. The van der Waals surface area contributed by atoms with Crippen LogP contribution in [0.1, 0.15) is 5.56 Å². The summed E-state index contributed by atoms with van der Waals surface area (Å²) in [4.78, 5) is 21.5. The summed E-state index contributed by atoms with van der Waals surface area (Å²) < 4.78 is 1.91. The molecule has 3 aromatic heterocycles. The average molecular weight is 341 g/mol. The van der Waals surface area contributed by atoms with Crippen LogP contribution in [0.15, 0.2) is 53.6 Å². The van der Waals surface area contributed by atoms with E-state index in [1.54, 1.807) is 30.6 Å². The highest BCUT2D eigenvalue weighted by atomic mass is 35.5. The van der Waals surface area contributed by atoms with Gasteiger partial charge in [-0.15, -0.1) is 5.10 Å². The Morgan fingerprint density at radius 2 is 2.00 bits per heavy atom. The lowest BCUT2D eigenvalue weighted by molar-refractivity contribution is 0.937. The second kappa shape index (κ2) is 5.57. The zero-order valence-electron chi connectivity index (χ0n) is 11.7. The van der Waals surface area contributed by atoms with E-state index in [9.17, 15) is 4.79 Å². The molecule has 0 fully saturated rings. The predicted octanol–water partition coefficient (Wildman–Crippen LogP) is 2.41. The number of halogens is 1. The van der Waals surface area contributed by atoms with Crippen LogP contribution in [0.2, 0.25) is 5.02 Å². The molecule has 0 atom stereocenters. The Hall–Kier alpha value is -2.57. The van der Waals surface area contributed by atoms with Crippen molar-refractivity contribution in [2.45, 2.75) is 0 Å². The summed E-state index contributed by atoms with van der Waals surface area (Å²) >= 11 is 7.18. The van der Waals surface area contributed by atoms with Gasteiger partial charge in [-0.2, -0.15) is 9.50 Å². The Labute approximate surface area is 139 Å². The van der Waals surface area contributed by atoms with Crippen molar-refractivity contribution >= 4 is 34.0 Å². The van der Waals surface area contributed by atoms with Gasteiger partial charge in [-0.25, -0.2) is 0 Å². The van der Waals surface area contributed by atoms with Crippen LogP contribution in [-0.4, -0.2) is 19.6 Å². The van der Waals surface area contributed by atoms with Crippen LogP contribution in [0.3, 0.4) is 0 Å². The van der Waals surface area contributed by atoms with Crippen LogP contribution in [0, 0.1) is 0 Å². The molecule has 5 nitrogen and oxygen atoms in total. The molecule has 23 heavy (non-hydrogen) atoms. The molecular weight excluding hydrogens is 332 g/mol. The Kier molecular flexibility index (Phi) is 3.40. The quantitative estimate of drug-likeness (QED) is 0.562. The summed E-state index contributed by atoms with van der Waals surface area (Å²) in [7, 11) is 0. The van der Waals surface area contributed by atoms with Crippen molar-refractivity contribution in [1.29, 1.82) is 0 Å². The molecule has 0 amide bonds. The molecule has 0 aliphatic heterocycles. The van der Waals surface area contributed by atoms with Gasteiger partial charge in [0, 0.05) is 23.0 Å². The minimum Gasteiger partial charge on any atom is -0.266 e. The van der Waals surface area contributed by atoms with E-state index < -0.39 is 0 Å². The SMILES string of the molecule is O=c1/c(=C/c2cccnc2)sc2nc(-c3ccc(Cl)cc3)nn12. The van der Waals surface area contributed by atoms with Crippen molar-refractivity contribution in [3.8, 4) is 11.4 Å². The Bertz CT molecular complexity index is 1090. The zero-order valence-corrected chi connectivity index (χ0v) is 13.3. The predicted molar refractivity (Wildman–Crippen MR) is 90.6 cm³/mol. The fourth-order valence-electron chi connectivity index (χ4n) is 2.17. The van der Waals surface area contributed by atoms with Crippen LogP contribution in [0.5, 0.6) is 0 Å². The molecule has 0 aliphatic carbocycles. The van der Waals surface area contributed by atoms with Crippen LogP contribution in [-0.2, 0) is 0 Å². The Morgan fingerprint density at radius 3 is 2.70 bits per heavy atom. The molecule has 0 N–H and O–H groups in total. The summed E-state index contributed by atoms with van der Waals surface area (Å²) in [5, 5.41) is 4.95. The van der Waals surface area contributed by atoms with Gasteiger partial charge in [0.05, 0.1) is 4.53 Å². The molecule has 3 heterocycles. The van der Waals surface area contributed by atoms with Crippen molar-refractivity contribution in [1.82, 2.24) is 19.6 Å². The highest BCUT2D eigenvalue weighted by Gasteiger charge is 2.11. The minimum absolute atomic E-state index is 0.179. The minimum atomic E-state index is -0.179. The fraction of sp³-hybridized carbons (Fsp3) is 0. The third-order valence-corrected chi connectivity index (χ3v) is 4.48. The summed E-state index contributed by atoms with van der Waals surface area (Å²) in [6.07, 6.45) is 5.18. The molecule has 0 unspecified atom stereocenters. The molecule has 0 aliphatic rings. The van der Waals surface area contributed by atoms with Crippen LogP contribution < -0.4 is 10.1 Å². The summed E-state index contributed by atoms with van der Waals surface area (Å²) in [5.74, 6) is 0.512. The normalized spacial score (nSPS) is 12.1. The Morgan fingerprint density at radius 1 is 1.17 bits per heavy atom. The highest BCUT2D eigenvalue weighted by molar-refractivity contribution is 7.15. The van der Waals surface area contributed by atoms with Gasteiger partial charge < -0.3 is 0 Å². The molecule has 0 saturated heterocycles. The smallest absolute Gasteiger partial charge is 0.266 e. The lowest BCUT2D eigenvalue weighted by atomic mass is 10.2. The van der Waals surface area contributed by atoms with Gasteiger partial charge in [0.25, 0.3) is 5.56 Å². The van der Waals surface area contributed by atoms with Gasteiger partial charge in [-0.05, 0) is 42.0 Å². The number of fused-ring (bicyclic) bond motifs is 1. The first-order chi connectivity index (χ1) is 11.2. The largest absolute Gasteiger partial charge is 0.291 e. The van der Waals surface area contributed by atoms with Crippen LogP contribution in [0.25, 0.3) is 22.4 Å². The zero-order chi connectivity index (χ0) is 15.8. The number of thiazole rings is 1. The van der Waals surface area contributed by atoms with Crippen LogP contribution >= 0.6 is 22.9 Å². The maximum Gasteiger partial charge on any atom is 0.291 e. The molecule has 112 valence electrons. The van der Waals surface area contributed by atoms with Crippen molar-refractivity contribution in [2.24, 2.45) is 0 Å². The van der Waals surface area contributed by atoms with Crippen molar-refractivity contribution in [2.75, 3.05) is 0 Å². The van der Waals surface area contributed by atoms with Gasteiger partial charge in [-0.3, -0.25) is 9.78 Å². The van der Waals surface area contributed by atoms with Gasteiger partial charge in [0.1, 0.15) is 0 Å². The summed E-state index contributed by atoms with van der Waals surface area (Å²) in [6.45, 7) is 0. The molecule has 1 aromatic carbocycles. The van der Waals surface area contributed by atoms with E-state index in [1.807, 2.05) is 24.3 Å². The van der Waals surface area contributed by atoms with E-state index in [-0.39, 0.29) is 5.56 Å². The van der Waals surface area contributed by atoms with E-state index in [0.717, 1.165) is 11.1 Å². The number of benzene rings is 1. The molecular formula is C16H9ClN4OS. The van der Waals surface area contributed by atoms with E-state index in [4.69, 9.17) is 11.6 Å². The number of aromatic nitrogens is 4. The summed E-state index contributed by atoms with van der Waals surface area (Å²) in [5.41, 5.74) is 1.51. The fourth-order valence-corrected chi connectivity index (χ4v) is 3.20. The number of hydrogen-bond donors (Lipinski definition) is 0. The molecule has 0 radical (unpaired) electrons. The topological polar surface area (TPSA) is 60.2 Å². The Balaban J connectivity index is 1.82. The average Bonchev–Trinajstić information content (AvgIpc) is 3.10. The van der Waals surface area contributed by atoms with Crippen molar-refractivity contribution in [3.63, 3.8) is 0 Å². The number of pyridine rings is 1. The van der Waals surface area contributed by atoms with Gasteiger partial charge in [-0.1, -0.05) is 29.0 Å². The van der Waals surface area contributed by atoms with Crippen LogP contribution in [0.4, 0.5) is 0 Å². The molecule has 4 rings (SSSR count). The van der Waals surface area contributed by atoms with E-state index in [0.29, 0.717) is 20.3 Å². The lowest BCUT2D eigenvalue weighted by Gasteiger charge is -1.93. The molecule has 7 heteroatoms. The second-order valence-electron chi connectivity index (χ2n) is 4.84. The monoisotopic (exact) mass is 340 g/mol. The van der Waals surface area contributed by atoms with Crippen molar-refractivity contribution < 1.29 is 0 Å². The van der Waals surface area contributed by atoms with Gasteiger partial charge in [0.15, 0.2) is 5.82 Å². The van der Waals surface area contributed by atoms with E-state index in [2.05, 4.69) is 15.1 Å². The number of rotatable bonds is 2. The maximum absolute atomic E-state index is 12.4. The molecule has 4 aromatic rings. The maximum atomic E-state index is 12.4. The third kappa shape index (κ3) is 2.62. The second-order valence-corrected chi connectivity index (χ2v) is 6.28. The first-order valence-electron chi connectivity index (χ1n) is 6.78. The standard InChI is InChI=1S/C16H9ClN4OS/c17-12-5-3-11(4-6-12)14-19-16-21(20-14)15(22)13(23-16)8-10-2-1-7-18-9-10/h1-9H/b13-8-. The third-order valence-electron chi connectivity index (χ3n) is 3.27. The van der Waals surface area contributed by atoms with Gasteiger partial charge in [0.2, 0.25) is 4.96 Å². The summed E-state index contributed by atoms with van der Waals surface area (Å²) in [6, 6.07) is 10.9. The first-order valence-corrected chi connectivity index (χ1v) is 7.97. The number of hydrogen-bond acceptors (Lipinski definition) is 5. The van der Waals surface area contributed by atoms with Crippen molar-refractivity contribution in [3.05, 3.63) is 74.3 Å².